The van der Waals surface area contributed by atoms with Crippen molar-refractivity contribution in [3.8, 4) is 0 Å². The van der Waals surface area contributed by atoms with Gasteiger partial charge in [0.15, 0.2) is 0 Å². The van der Waals surface area contributed by atoms with Crippen molar-refractivity contribution in [3.63, 3.8) is 0 Å². The molecule has 2 aromatic rings. The highest BCUT2D eigenvalue weighted by Gasteiger charge is 2.46. The van der Waals surface area contributed by atoms with E-state index in [1.807, 2.05) is 26.0 Å². The predicted octanol–water partition coefficient (Wildman–Crippen LogP) is 4.53. The number of anilines is 2. The lowest BCUT2D eigenvalue weighted by Gasteiger charge is -2.41. The average Bonchev–Trinajstić information content (AvgIpc) is 3.41. The third kappa shape index (κ3) is 3.75. The summed E-state index contributed by atoms with van der Waals surface area (Å²) in [6.45, 7) is 6.07. The zero-order valence-corrected chi connectivity index (χ0v) is 21.5. The monoisotopic (exact) mass is 500 g/mol. The Kier molecular flexibility index (Phi) is 5.47. The van der Waals surface area contributed by atoms with Gasteiger partial charge in [0.25, 0.3) is 0 Å². The van der Waals surface area contributed by atoms with Gasteiger partial charge in [-0.15, -0.1) is 0 Å². The van der Waals surface area contributed by atoms with Crippen LogP contribution in [0.1, 0.15) is 63.1 Å². The number of aromatic nitrogens is 2. The lowest BCUT2D eigenvalue weighted by atomic mass is 9.77. The Morgan fingerprint density at radius 1 is 1.15 bits per heavy atom. The summed E-state index contributed by atoms with van der Waals surface area (Å²) in [4.78, 5) is 13.0. The fourth-order valence-electron chi connectivity index (χ4n) is 6.42. The number of fused-ring (bicyclic) bond motifs is 2. The zero-order valence-electron chi connectivity index (χ0n) is 19.9. The van der Waals surface area contributed by atoms with Gasteiger partial charge < -0.3 is 15.3 Å². The first-order chi connectivity index (χ1) is 16.3. The van der Waals surface area contributed by atoms with Gasteiger partial charge in [-0.2, -0.15) is 4.98 Å². The second-order valence-electron chi connectivity index (χ2n) is 11.4. The van der Waals surface area contributed by atoms with Crippen molar-refractivity contribution in [2.45, 2.75) is 73.5 Å². The van der Waals surface area contributed by atoms with E-state index in [4.69, 9.17) is 21.6 Å². The van der Waals surface area contributed by atoms with Crippen molar-refractivity contribution in [1.82, 2.24) is 9.97 Å². The first-order valence-corrected chi connectivity index (χ1v) is 14.0. The Balaban J connectivity index is 1.25. The van der Waals surface area contributed by atoms with Crippen LogP contribution in [0, 0.1) is 11.8 Å². The molecule has 1 aromatic carbocycles. The summed E-state index contributed by atoms with van der Waals surface area (Å²) < 4.78 is 13.0. The van der Waals surface area contributed by atoms with Crippen LogP contribution in [0.3, 0.4) is 0 Å². The van der Waals surface area contributed by atoms with E-state index in [0.717, 1.165) is 53.9 Å². The lowest BCUT2D eigenvalue weighted by Crippen LogP contribution is -2.48. The number of hydrogen-bond donors (Lipinski definition) is 2. The van der Waals surface area contributed by atoms with Crippen molar-refractivity contribution in [1.29, 1.82) is 0 Å². The van der Waals surface area contributed by atoms with Crippen LogP contribution in [0.25, 0.3) is 0 Å². The molecular weight excluding hydrogens is 468 g/mol. The number of aliphatic hydroxyl groups excluding tert-OH is 1. The molecular formula is C26H33ClN4O2S. The molecule has 0 spiro atoms. The van der Waals surface area contributed by atoms with Gasteiger partial charge in [-0.3, -0.25) is 4.21 Å². The van der Waals surface area contributed by atoms with E-state index in [1.54, 1.807) is 0 Å². The quantitative estimate of drug-likeness (QED) is 0.628. The molecule has 34 heavy (non-hydrogen) atoms. The molecule has 0 radical (unpaired) electrons. The van der Waals surface area contributed by atoms with E-state index in [2.05, 4.69) is 22.3 Å². The normalized spacial score (nSPS) is 30.6. The van der Waals surface area contributed by atoms with Gasteiger partial charge in [-0.05, 0) is 81.4 Å². The summed E-state index contributed by atoms with van der Waals surface area (Å²) in [5, 5.41) is 14.4. The molecule has 2 saturated carbocycles. The first-order valence-electron chi connectivity index (χ1n) is 12.5. The van der Waals surface area contributed by atoms with Gasteiger partial charge in [0, 0.05) is 24.5 Å². The minimum absolute atomic E-state index is 0.0666. The maximum atomic E-state index is 13.3. The molecule has 2 aliphatic carbocycles. The van der Waals surface area contributed by atoms with Crippen LogP contribution in [0.15, 0.2) is 29.2 Å². The molecule has 2 unspecified atom stereocenters. The fourth-order valence-corrected chi connectivity index (χ4v) is 7.97. The van der Waals surface area contributed by atoms with Crippen molar-refractivity contribution < 1.29 is 9.32 Å². The van der Waals surface area contributed by atoms with Crippen LogP contribution >= 0.6 is 11.6 Å². The van der Waals surface area contributed by atoms with Gasteiger partial charge in [0.2, 0.25) is 5.95 Å². The van der Waals surface area contributed by atoms with E-state index in [1.165, 1.54) is 18.4 Å². The first kappa shape index (κ1) is 22.7. The molecule has 3 atom stereocenters. The summed E-state index contributed by atoms with van der Waals surface area (Å²) in [6, 6.07) is 8.34. The molecule has 3 heterocycles. The SMILES string of the molecule is CC1(C)Cc2nc(N3CC4CC(c5ccc(Cl)cc5)CC4C3)nc(NC3(CO)CCC3)c2[S@]1=O. The van der Waals surface area contributed by atoms with E-state index >= 15 is 0 Å². The highest BCUT2D eigenvalue weighted by molar-refractivity contribution is 7.87. The molecule has 2 aliphatic heterocycles. The number of nitrogens with zero attached hydrogens (tertiary/aromatic N) is 3. The van der Waals surface area contributed by atoms with E-state index in [9.17, 15) is 9.32 Å². The van der Waals surface area contributed by atoms with Gasteiger partial charge in [0.05, 0.1) is 33.4 Å². The second-order valence-corrected chi connectivity index (χ2v) is 13.9. The highest BCUT2D eigenvalue weighted by atomic mass is 35.5. The summed E-state index contributed by atoms with van der Waals surface area (Å²) >= 11 is 6.08. The summed E-state index contributed by atoms with van der Waals surface area (Å²) in [6.07, 6.45) is 5.96. The summed E-state index contributed by atoms with van der Waals surface area (Å²) in [5.74, 6) is 3.29. The number of aliphatic hydroxyl groups is 1. The van der Waals surface area contributed by atoms with Crippen molar-refractivity contribution in [3.05, 3.63) is 40.5 Å². The molecule has 6 nitrogen and oxygen atoms in total. The average molecular weight is 501 g/mol. The van der Waals surface area contributed by atoms with Crippen LogP contribution in [0.5, 0.6) is 0 Å². The third-order valence-electron chi connectivity index (χ3n) is 8.58. The molecule has 4 aliphatic rings. The standard InChI is InChI=1S/C26H33ClN4O2S/c1-25(2)12-21-22(34(25)33)23(30-26(15-32)8-3-9-26)29-24(28-21)31-13-18-10-17(11-19(18)14-31)16-4-6-20(27)7-5-16/h4-7,17-19,32H,3,8-15H2,1-2H3,(H,28,29,30)/t17?,18?,19?,34-/m1/s1. The van der Waals surface area contributed by atoms with Crippen molar-refractivity contribution in [2.75, 3.05) is 29.9 Å². The van der Waals surface area contributed by atoms with Crippen molar-refractivity contribution in [2.24, 2.45) is 11.8 Å². The molecule has 0 bridgehead atoms. The fraction of sp³-hybridized carbons (Fsp3) is 0.615. The largest absolute Gasteiger partial charge is 0.394 e. The van der Waals surface area contributed by atoms with E-state index in [0.29, 0.717) is 30.0 Å². The van der Waals surface area contributed by atoms with Gasteiger partial charge in [-0.1, -0.05) is 23.7 Å². The number of rotatable bonds is 5. The van der Waals surface area contributed by atoms with Gasteiger partial charge >= 0.3 is 0 Å². The summed E-state index contributed by atoms with van der Waals surface area (Å²) in [7, 11) is -1.17. The van der Waals surface area contributed by atoms with Crippen molar-refractivity contribution >= 4 is 34.2 Å². The minimum Gasteiger partial charge on any atom is -0.394 e. The zero-order chi connectivity index (χ0) is 23.7. The second kappa shape index (κ2) is 8.17. The predicted molar refractivity (Wildman–Crippen MR) is 136 cm³/mol. The van der Waals surface area contributed by atoms with Gasteiger partial charge in [0.1, 0.15) is 10.7 Å². The Labute approximate surface area is 209 Å². The Morgan fingerprint density at radius 2 is 1.82 bits per heavy atom. The molecule has 0 amide bonds. The number of benzene rings is 1. The lowest BCUT2D eigenvalue weighted by molar-refractivity contribution is 0.143. The van der Waals surface area contributed by atoms with E-state index in [-0.39, 0.29) is 16.9 Å². The molecule has 1 saturated heterocycles. The number of halogens is 1. The van der Waals surface area contributed by atoms with Crippen LogP contribution in [0.4, 0.5) is 11.8 Å². The molecule has 6 rings (SSSR count). The maximum absolute atomic E-state index is 13.3. The molecule has 3 fully saturated rings. The van der Waals surface area contributed by atoms with Crippen LogP contribution < -0.4 is 10.2 Å². The summed E-state index contributed by atoms with van der Waals surface area (Å²) in [5.41, 5.74) is 1.95. The maximum Gasteiger partial charge on any atom is 0.227 e. The van der Waals surface area contributed by atoms with E-state index < -0.39 is 10.8 Å². The topological polar surface area (TPSA) is 78.3 Å². The molecule has 8 heteroatoms. The van der Waals surface area contributed by atoms with Crippen LogP contribution in [-0.2, 0) is 17.2 Å². The van der Waals surface area contributed by atoms with Crippen LogP contribution in [0.2, 0.25) is 5.02 Å². The molecule has 1 aromatic heterocycles. The van der Waals surface area contributed by atoms with Crippen LogP contribution in [-0.4, -0.2) is 49.3 Å². The Bertz CT molecular complexity index is 1110. The number of hydrogen-bond acceptors (Lipinski definition) is 6. The highest BCUT2D eigenvalue weighted by Crippen LogP contribution is 2.48. The Hall–Kier alpha value is -1.70. The minimum atomic E-state index is -1.17. The number of nitrogens with one attached hydrogen (secondary N) is 1. The third-order valence-corrected chi connectivity index (χ3v) is 10.8. The smallest absolute Gasteiger partial charge is 0.227 e. The van der Waals surface area contributed by atoms with Gasteiger partial charge in [-0.25, -0.2) is 4.98 Å². The molecule has 182 valence electrons. The molecule has 2 N–H and O–H groups in total. The Morgan fingerprint density at radius 3 is 2.41 bits per heavy atom.